The second-order valence-corrected chi connectivity index (χ2v) is 3.44. The van der Waals surface area contributed by atoms with Crippen molar-refractivity contribution in [3.8, 4) is 0 Å². The molecule has 0 bridgehead atoms. The van der Waals surface area contributed by atoms with E-state index in [4.69, 9.17) is 23.2 Å². The topological polar surface area (TPSA) is 0 Å². The number of hydrogen-bond donors (Lipinski definition) is 2. The molecule has 0 aliphatic rings. The third-order valence-corrected chi connectivity index (χ3v) is 3.05. The third kappa shape index (κ3) is 2.82. The zero-order chi connectivity index (χ0) is 7.72. The molecule has 1 aromatic carbocycles. The maximum absolute atomic E-state index is 5.70. The molecular weight excluding hydrogens is 272 g/mol. The largest absolute Gasteiger partial charge is 0.141 e. The molecule has 0 radical (unpaired) electrons. The summed E-state index contributed by atoms with van der Waals surface area (Å²) >= 11 is 19.6. The standard InChI is InChI=1S/C6H4Cl2S2.Zn/c7-3-1-2-4(8)6(10)5(3)9;/h1-2,9-10H;. The Labute approximate surface area is 99.2 Å². The van der Waals surface area contributed by atoms with Crippen LogP contribution in [0.3, 0.4) is 0 Å². The van der Waals surface area contributed by atoms with Gasteiger partial charge in [0.15, 0.2) is 0 Å². The summed E-state index contributed by atoms with van der Waals surface area (Å²) in [5.74, 6) is 0. The molecule has 0 unspecified atom stereocenters. The Bertz CT molecular complexity index is 238. The van der Waals surface area contributed by atoms with Crippen molar-refractivity contribution in [1.29, 1.82) is 0 Å². The Morgan fingerprint density at radius 2 is 1.18 bits per heavy atom. The normalized spacial score (nSPS) is 9.09. The van der Waals surface area contributed by atoms with E-state index in [0.717, 1.165) is 0 Å². The maximum atomic E-state index is 5.70. The van der Waals surface area contributed by atoms with E-state index in [1.165, 1.54) is 0 Å². The summed E-state index contributed by atoms with van der Waals surface area (Å²) in [5, 5.41) is 1.13. The van der Waals surface area contributed by atoms with Gasteiger partial charge < -0.3 is 0 Å². The fraction of sp³-hybridized carbons (Fsp3) is 0. The molecule has 0 heterocycles. The van der Waals surface area contributed by atoms with Crippen LogP contribution in [0.1, 0.15) is 0 Å². The molecule has 0 spiro atoms. The fourth-order valence-electron chi connectivity index (χ4n) is 0.530. The van der Waals surface area contributed by atoms with Crippen LogP contribution in [0.15, 0.2) is 21.9 Å². The van der Waals surface area contributed by atoms with E-state index in [-0.39, 0.29) is 19.5 Å². The van der Waals surface area contributed by atoms with Gasteiger partial charge in [0.2, 0.25) is 0 Å². The first-order valence-corrected chi connectivity index (χ1v) is 4.14. The van der Waals surface area contributed by atoms with E-state index >= 15 is 0 Å². The van der Waals surface area contributed by atoms with Crippen molar-refractivity contribution in [3.63, 3.8) is 0 Å². The van der Waals surface area contributed by atoms with E-state index in [9.17, 15) is 0 Å². The maximum Gasteiger partial charge on any atom is 0.0551 e. The monoisotopic (exact) mass is 274 g/mol. The molecule has 0 atom stereocenters. The van der Waals surface area contributed by atoms with E-state index < -0.39 is 0 Å². The van der Waals surface area contributed by atoms with E-state index in [0.29, 0.717) is 19.8 Å². The van der Waals surface area contributed by atoms with E-state index in [2.05, 4.69) is 25.3 Å². The first-order valence-electron chi connectivity index (χ1n) is 2.49. The van der Waals surface area contributed by atoms with Gasteiger partial charge in [0, 0.05) is 29.3 Å². The van der Waals surface area contributed by atoms with Crippen molar-refractivity contribution in [2.75, 3.05) is 0 Å². The van der Waals surface area contributed by atoms with Gasteiger partial charge in [0.25, 0.3) is 0 Å². The Morgan fingerprint density at radius 3 is 1.45 bits per heavy atom. The van der Waals surface area contributed by atoms with Gasteiger partial charge in [-0.3, -0.25) is 0 Å². The van der Waals surface area contributed by atoms with Gasteiger partial charge in [-0.05, 0) is 12.1 Å². The summed E-state index contributed by atoms with van der Waals surface area (Å²) in [6.07, 6.45) is 0. The minimum absolute atomic E-state index is 0. The van der Waals surface area contributed by atoms with Gasteiger partial charge >= 0.3 is 0 Å². The molecule has 5 heteroatoms. The molecule has 56 valence electrons. The molecule has 0 amide bonds. The predicted octanol–water partition coefficient (Wildman–Crippen LogP) is 3.57. The van der Waals surface area contributed by atoms with E-state index in [1.54, 1.807) is 12.1 Å². The third-order valence-electron chi connectivity index (χ3n) is 1.05. The van der Waals surface area contributed by atoms with Gasteiger partial charge in [-0.2, -0.15) is 0 Å². The molecule has 0 aromatic heterocycles. The molecule has 0 fully saturated rings. The Hall–Kier alpha value is 1.12. The molecule has 0 aliphatic heterocycles. The van der Waals surface area contributed by atoms with Crippen LogP contribution < -0.4 is 0 Å². The van der Waals surface area contributed by atoms with Crippen LogP contribution in [0.25, 0.3) is 0 Å². The van der Waals surface area contributed by atoms with Crippen molar-refractivity contribution in [3.05, 3.63) is 22.2 Å². The summed E-state index contributed by atoms with van der Waals surface area (Å²) < 4.78 is 0. The average molecular weight is 277 g/mol. The van der Waals surface area contributed by atoms with Gasteiger partial charge in [-0.25, -0.2) is 0 Å². The quantitative estimate of drug-likeness (QED) is 0.525. The number of rotatable bonds is 0. The van der Waals surface area contributed by atoms with Crippen LogP contribution in [0, 0.1) is 0 Å². The molecule has 1 rings (SSSR count). The number of thiol groups is 2. The van der Waals surface area contributed by atoms with Crippen LogP contribution >= 0.6 is 48.5 Å². The number of benzene rings is 1. The summed E-state index contributed by atoms with van der Waals surface area (Å²) in [7, 11) is 0. The first-order chi connectivity index (χ1) is 4.63. The van der Waals surface area contributed by atoms with Crippen LogP contribution in [0.4, 0.5) is 0 Å². The minimum atomic E-state index is 0. The number of hydrogen-bond acceptors (Lipinski definition) is 2. The molecule has 0 nitrogen and oxygen atoms in total. The zero-order valence-corrected chi connectivity index (χ0v) is 11.8. The van der Waals surface area contributed by atoms with Crippen LogP contribution in [-0.2, 0) is 19.5 Å². The van der Waals surface area contributed by atoms with E-state index in [1.807, 2.05) is 0 Å². The van der Waals surface area contributed by atoms with Crippen molar-refractivity contribution in [2.24, 2.45) is 0 Å². The molecule has 0 saturated heterocycles. The van der Waals surface area contributed by atoms with Crippen LogP contribution in [-0.4, -0.2) is 0 Å². The molecule has 0 saturated carbocycles. The van der Waals surface area contributed by atoms with Crippen LogP contribution in [0.2, 0.25) is 10.0 Å². The summed E-state index contributed by atoms with van der Waals surface area (Å²) in [6.45, 7) is 0. The molecule has 11 heavy (non-hydrogen) atoms. The first kappa shape index (κ1) is 12.1. The second-order valence-electron chi connectivity index (χ2n) is 1.73. The Balaban J connectivity index is 0.000001000. The van der Waals surface area contributed by atoms with Gasteiger partial charge in [-0.1, -0.05) is 23.2 Å². The van der Waals surface area contributed by atoms with Crippen LogP contribution in [0.5, 0.6) is 0 Å². The predicted molar refractivity (Wildman–Crippen MR) is 51.0 cm³/mol. The zero-order valence-electron chi connectivity index (χ0n) is 5.51. The smallest absolute Gasteiger partial charge is 0.0551 e. The molecular formula is C6H4Cl2S2Zn. The fourth-order valence-corrected chi connectivity index (χ4v) is 1.37. The Kier molecular flexibility index (Phi) is 5.49. The summed E-state index contributed by atoms with van der Waals surface area (Å²) in [5.41, 5.74) is 0. The molecule has 0 N–H and O–H groups in total. The molecule has 1 aromatic rings. The SMILES string of the molecule is Sc1c(Cl)ccc(Cl)c1S.[Zn]. The van der Waals surface area contributed by atoms with Gasteiger partial charge in [0.05, 0.1) is 10.0 Å². The van der Waals surface area contributed by atoms with Crippen molar-refractivity contribution in [2.45, 2.75) is 9.79 Å². The average Bonchev–Trinajstić information content (AvgIpc) is 1.93. The van der Waals surface area contributed by atoms with Crippen molar-refractivity contribution in [1.82, 2.24) is 0 Å². The van der Waals surface area contributed by atoms with Gasteiger partial charge in [0.1, 0.15) is 0 Å². The van der Waals surface area contributed by atoms with Crippen molar-refractivity contribution < 1.29 is 19.5 Å². The summed E-state index contributed by atoms with van der Waals surface area (Å²) in [6, 6.07) is 3.37. The minimum Gasteiger partial charge on any atom is -0.141 e. The number of halogens is 2. The Morgan fingerprint density at radius 1 is 0.909 bits per heavy atom. The van der Waals surface area contributed by atoms with Crippen molar-refractivity contribution >= 4 is 48.5 Å². The van der Waals surface area contributed by atoms with Gasteiger partial charge in [-0.15, -0.1) is 25.3 Å². The second kappa shape index (κ2) is 4.98. The summed E-state index contributed by atoms with van der Waals surface area (Å²) in [4.78, 5) is 1.25. The molecule has 0 aliphatic carbocycles.